The van der Waals surface area contributed by atoms with Gasteiger partial charge in [0.25, 0.3) is 5.91 Å². The second kappa shape index (κ2) is 5.45. The van der Waals surface area contributed by atoms with E-state index in [-0.39, 0.29) is 18.6 Å². The van der Waals surface area contributed by atoms with Gasteiger partial charge in [0.05, 0.1) is 23.8 Å². The number of carbonyl (C=O) groups excluding carboxylic acids is 2. The van der Waals surface area contributed by atoms with Gasteiger partial charge in [-0.05, 0) is 6.07 Å². The second-order valence-corrected chi connectivity index (χ2v) is 5.97. The summed E-state index contributed by atoms with van der Waals surface area (Å²) in [7, 11) is 1.51. The number of nitrogens with zero attached hydrogens (tertiary/aromatic N) is 5. The summed E-state index contributed by atoms with van der Waals surface area (Å²) in [5, 5.41) is 2.88. The van der Waals surface area contributed by atoms with E-state index >= 15 is 0 Å². The summed E-state index contributed by atoms with van der Waals surface area (Å²) in [4.78, 5) is 39.5. The zero-order valence-corrected chi connectivity index (χ0v) is 13.4. The van der Waals surface area contributed by atoms with Crippen molar-refractivity contribution in [2.45, 2.75) is 6.10 Å². The standard InChI is InChI=1S/C14H13ClN6O3/c1-16-14(23)24-8-4-20(5-8)12-13-18-10(22)6-21(13)9-2-7(15)3-17-11(9)19-12/h2-3,8H,4-6H2,1H3,(H,16,23). The van der Waals surface area contributed by atoms with Crippen molar-refractivity contribution >= 4 is 46.8 Å². The van der Waals surface area contributed by atoms with Crippen LogP contribution in [0.4, 0.5) is 16.3 Å². The molecule has 10 heteroatoms. The number of nitrogens with one attached hydrogen (secondary N) is 1. The van der Waals surface area contributed by atoms with Crippen LogP contribution in [0, 0.1) is 0 Å². The first-order chi connectivity index (χ1) is 11.5. The predicted octanol–water partition coefficient (Wildman–Crippen LogP) is 0.564. The van der Waals surface area contributed by atoms with Crippen LogP contribution in [0.15, 0.2) is 22.2 Å². The molecule has 0 radical (unpaired) electrons. The van der Waals surface area contributed by atoms with Gasteiger partial charge in [-0.3, -0.25) is 4.79 Å². The van der Waals surface area contributed by atoms with Gasteiger partial charge < -0.3 is 19.9 Å². The number of hydrogen-bond donors (Lipinski definition) is 1. The Hall–Kier alpha value is -2.68. The zero-order chi connectivity index (χ0) is 16.8. The van der Waals surface area contributed by atoms with Gasteiger partial charge in [0.1, 0.15) is 12.6 Å². The van der Waals surface area contributed by atoms with E-state index in [4.69, 9.17) is 16.3 Å². The highest BCUT2D eigenvalue weighted by Crippen LogP contribution is 2.36. The second-order valence-electron chi connectivity index (χ2n) is 5.53. The highest BCUT2D eigenvalue weighted by molar-refractivity contribution is 6.50. The van der Waals surface area contributed by atoms with Gasteiger partial charge in [0.15, 0.2) is 17.5 Å². The number of ether oxygens (including phenoxy) is 1. The minimum atomic E-state index is -0.470. The van der Waals surface area contributed by atoms with Crippen LogP contribution in [0.2, 0.25) is 5.02 Å². The van der Waals surface area contributed by atoms with E-state index in [1.165, 1.54) is 13.2 Å². The molecule has 0 aliphatic carbocycles. The number of amidine groups is 2. The number of rotatable bonds is 1. The van der Waals surface area contributed by atoms with Gasteiger partial charge in [-0.2, -0.15) is 4.99 Å². The molecule has 4 heterocycles. The monoisotopic (exact) mass is 348 g/mol. The topological polar surface area (TPSA) is 99.5 Å². The molecule has 0 unspecified atom stereocenters. The van der Waals surface area contributed by atoms with Crippen molar-refractivity contribution in [3.63, 3.8) is 0 Å². The smallest absolute Gasteiger partial charge is 0.407 e. The molecule has 0 spiro atoms. The highest BCUT2D eigenvalue weighted by atomic mass is 35.5. The molecule has 0 bridgehead atoms. The Morgan fingerprint density at radius 2 is 2.17 bits per heavy atom. The number of amides is 2. The molecular formula is C14H13ClN6O3. The number of likely N-dealkylation sites (tertiary alicyclic amines) is 1. The fourth-order valence-corrected chi connectivity index (χ4v) is 2.91. The summed E-state index contributed by atoms with van der Waals surface area (Å²) in [6, 6.07) is 1.71. The lowest BCUT2D eigenvalue weighted by Crippen LogP contribution is -2.59. The van der Waals surface area contributed by atoms with Crippen LogP contribution in [-0.4, -0.2) is 66.3 Å². The number of alkyl carbamates (subject to hydrolysis) is 1. The van der Waals surface area contributed by atoms with E-state index in [9.17, 15) is 9.59 Å². The molecule has 2 amide bonds. The van der Waals surface area contributed by atoms with Gasteiger partial charge in [-0.25, -0.2) is 14.8 Å². The molecule has 9 nitrogen and oxygen atoms in total. The van der Waals surface area contributed by atoms with Crippen LogP contribution >= 0.6 is 11.6 Å². The van der Waals surface area contributed by atoms with Crippen molar-refractivity contribution in [3.05, 3.63) is 17.3 Å². The normalized spacial score (nSPS) is 19.2. The number of anilines is 1. The van der Waals surface area contributed by atoms with Crippen molar-refractivity contribution in [1.82, 2.24) is 15.2 Å². The summed E-state index contributed by atoms with van der Waals surface area (Å²) in [6.07, 6.45) is 0.815. The molecule has 0 saturated carbocycles. The molecule has 1 fully saturated rings. The van der Waals surface area contributed by atoms with Crippen LogP contribution in [0.1, 0.15) is 0 Å². The van der Waals surface area contributed by atoms with Crippen LogP contribution in [0.5, 0.6) is 0 Å². The maximum Gasteiger partial charge on any atom is 0.407 e. The molecule has 1 saturated heterocycles. The fourth-order valence-electron chi connectivity index (χ4n) is 2.76. The van der Waals surface area contributed by atoms with Crippen LogP contribution in [0.3, 0.4) is 0 Å². The van der Waals surface area contributed by atoms with E-state index in [0.717, 1.165) is 0 Å². The molecule has 3 aliphatic heterocycles. The summed E-state index contributed by atoms with van der Waals surface area (Å²) in [5.74, 6) is 1.28. The Kier molecular flexibility index (Phi) is 3.38. The van der Waals surface area contributed by atoms with E-state index in [2.05, 4.69) is 20.3 Å². The lowest BCUT2D eigenvalue weighted by atomic mass is 10.1. The Labute approximate surface area is 142 Å². The number of fused-ring (bicyclic) bond motifs is 3. The summed E-state index contributed by atoms with van der Waals surface area (Å²) in [6.45, 7) is 1.10. The van der Waals surface area contributed by atoms with Crippen molar-refractivity contribution in [1.29, 1.82) is 0 Å². The molecule has 24 heavy (non-hydrogen) atoms. The average molecular weight is 349 g/mol. The number of aromatic nitrogens is 1. The van der Waals surface area contributed by atoms with Crippen molar-refractivity contribution in [2.75, 3.05) is 31.6 Å². The van der Waals surface area contributed by atoms with Crippen LogP contribution < -0.4 is 10.2 Å². The van der Waals surface area contributed by atoms with Crippen LogP contribution in [-0.2, 0) is 9.53 Å². The Balaban J connectivity index is 1.61. The number of aliphatic imine (C=N–C) groups is 2. The first kappa shape index (κ1) is 14.9. The summed E-state index contributed by atoms with van der Waals surface area (Å²) < 4.78 is 5.17. The zero-order valence-electron chi connectivity index (χ0n) is 12.7. The first-order valence-corrected chi connectivity index (χ1v) is 7.70. The maximum atomic E-state index is 11.8. The Morgan fingerprint density at radius 3 is 2.92 bits per heavy atom. The molecule has 3 aliphatic rings. The summed E-state index contributed by atoms with van der Waals surface area (Å²) >= 11 is 5.99. The molecule has 1 aromatic heterocycles. The van der Waals surface area contributed by atoms with E-state index < -0.39 is 6.09 Å². The average Bonchev–Trinajstić information content (AvgIpc) is 2.92. The van der Waals surface area contributed by atoms with Crippen molar-refractivity contribution in [2.24, 2.45) is 9.98 Å². The molecule has 0 aromatic carbocycles. The van der Waals surface area contributed by atoms with E-state index in [1.54, 1.807) is 11.0 Å². The SMILES string of the molecule is CNC(=O)OC1CN(C2=Nc3ncc(Cl)cc3N3CC(=O)N=C23)C1. The van der Waals surface area contributed by atoms with E-state index in [0.29, 0.717) is 41.3 Å². The molecule has 1 N–H and O–H groups in total. The number of carbonyl (C=O) groups is 2. The van der Waals surface area contributed by atoms with Gasteiger partial charge in [0.2, 0.25) is 0 Å². The van der Waals surface area contributed by atoms with Gasteiger partial charge in [-0.1, -0.05) is 11.6 Å². The third-order valence-electron chi connectivity index (χ3n) is 3.92. The third kappa shape index (κ3) is 2.37. The lowest BCUT2D eigenvalue weighted by Gasteiger charge is -2.42. The molecule has 1 aromatic rings. The Morgan fingerprint density at radius 1 is 1.38 bits per heavy atom. The van der Waals surface area contributed by atoms with Crippen LogP contribution in [0.25, 0.3) is 0 Å². The quantitative estimate of drug-likeness (QED) is 0.796. The van der Waals surface area contributed by atoms with Gasteiger partial charge in [0, 0.05) is 13.2 Å². The fraction of sp³-hybridized carbons (Fsp3) is 0.357. The first-order valence-electron chi connectivity index (χ1n) is 7.32. The molecular weight excluding hydrogens is 336 g/mol. The highest BCUT2D eigenvalue weighted by Gasteiger charge is 2.41. The number of hydrogen-bond acceptors (Lipinski definition) is 7. The lowest BCUT2D eigenvalue weighted by molar-refractivity contribution is -0.115. The van der Waals surface area contributed by atoms with Crippen molar-refractivity contribution < 1.29 is 14.3 Å². The Bertz CT molecular complexity index is 802. The molecule has 4 rings (SSSR count). The molecule has 124 valence electrons. The minimum Gasteiger partial charge on any atom is -0.442 e. The number of pyridine rings is 1. The maximum absolute atomic E-state index is 11.8. The van der Waals surface area contributed by atoms with E-state index in [1.807, 2.05) is 4.90 Å². The number of halogens is 1. The summed E-state index contributed by atoms with van der Waals surface area (Å²) in [5.41, 5.74) is 0.662. The molecule has 0 atom stereocenters. The van der Waals surface area contributed by atoms with Crippen molar-refractivity contribution in [3.8, 4) is 0 Å². The largest absolute Gasteiger partial charge is 0.442 e. The third-order valence-corrected chi connectivity index (χ3v) is 4.13. The van der Waals surface area contributed by atoms with Gasteiger partial charge in [-0.15, -0.1) is 0 Å². The van der Waals surface area contributed by atoms with Gasteiger partial charge >= 0.3 is 6.09 Å². The predicted molar refractivity (Wildman–Crippen MR) is 87.0 cm³/mol. The minimum absolute atomic E-state index is 0.134.